The fourth-order valence-electron chi connectivity index (χ4n) is 2.18. The number of aliphatic imine (C=N–C) groups is 1. The number of rotatable bonds is 6. The highest BCUT2D eigenvalue weighted by atomic mass is 127. The van der Waals surface area contributed by atoms with Crippen molar-refractivity contribution in [3.05, 3.63) is 65.5 Å². The molecule has 0 aliphatic rings. The minimum atomic E-state index is -0.250. The van der Waals surface area contributed by atoms with Crippen molar-refractivity contribution in [2.45, 2.75) is 19.9 Å². The maximum Gasteiger partial charge on any atom is 0.191 e. The molecule has 0 aliphatic heterocycles. The van der Waals surface area contributed by atoms with Crippen molar-refractivity contribution in [3.63, 3.8) is 0 Å². The van der Waals surface area contributed by atoms with Crippen molar-refractivity contribution in [3.8, 4) is 5.75 Å². The summed E-state index contributed by atoms with van der Waals surface area (Å²) in [4.78, 5) is 4.45. The molecule has 0 saturated carbocycles. The van der Waals surface area contributed by atoms with E-state index >= 15 is 0 Å². The van der Waals surface area contributed by atoms with Crippen LogP contribution in [0.1, 0.15) is 18.1 Å². The van der Waals surface area contributed by atoms with Crippen LogP contribution in [-0.4, -0.2) is 24.2 Å². The van der Waals surface area contributed by atoms with E-state index in [-0.39, 0.29) is 35.5 Å². The van der Waals surface area contributed by atoms with Gasteiger partial charge in [0.05, 0.1) is 6.54 Å². The first-order chi connectivity index (χ1) is 11.2. The Morgan fingerprint density at radius 1 is 1.08 bits per heavy atom. The Labute approximate surface area is 159 Å². The number of guanidine groups is 1. The Morgan fingerprint density at radius 3 is 2.54 bits per heavy atom. The molecule has 130 valence electrons. The molecule has 2 rings (SSSR count). The fourth-order valence-corrected chi connectivity index (χ4v) is 2.18. The van der Waals surface area contributed by atoms with Crippen molar-refractivity contribution < 1.29 is 9.50 Å². The molecule has 0 unspecified atom stereocenters. The van der Waals surface area contributed by atoms with E-state index in [0.717, 1.165) is 24.1 Å². The number of aromatic hydroxyl groups is 1. The van der Waals surface area contributed by atoms with Crippen LogP contribution in [0.5, 0.6) is 5.75 Å². The molecule has 0 saturated heterocycles. The van der Waals surface area contributed by atoms with Gasteiger partial charge in [-0.3, -0.25) is 0 Å². The summed E-state index contributed by atoms with van der Waals surface area (Å²) in [5.74, 6) is 0.714. The highest BCUT2D eigenvalue weighted by Crippen LogP contribution is 2.10. The molecule has 0 radical (unpaired) electrons. The van der Waals surface area contributed by atoms with E-state index in [2.05, 4.69) is 15.6 Å². The first kappa shape index (κ1) is 20.2. The summed E-state index contributed by atoms with van der Waals surface area (Å²) in [7, 11) is 0. The third kappa shape index (κ3) is 7.16. The molecule has 2 aromatic rings. The van der Waals surface area contributed by atoms with Gasteiger partial charge in [0, 0.05) is 13.1 Å². The van der Waals surface area contributed by atoms with Gasteiger partial charge in [0.15, 0.2) is 5.96 Å². The Morgan fingerprint density at radius 2 is 1.83 bits per heavy atom. The van der Waals surface area contributed by atoms with Gasteiger partial charge in [-0.1, -0.05) is 24.3 Å². The van der Waals surface area contributed by atoms with Gasteiger partial charge in [0.2, 0.25) is 0 Å². The summed E-state index contributed by atoms with van der Waals surface area (Å²) in [5.41, 5.74) is 1.88. The van der Waals surface area contributed by atoms with E-state index in [0.29, 0.717) is 19.0 Å². The molecule has 0 amide bonds. The van der Waals surface area contributed by atoms with Crippen molar-refractivity contribution >= 4 is 29.9 Å². The topological polar surface area (TPSA) is 56.7 Å². The first-order valence-electron chi connectivity index (χ1n) is 7.72. The summed E-state index contributed by atoms with van der Waals surface area (Å²) in [5, 5.41) is 15.8. The van der Waals surface area contributed by atoms with Crippen LogP contribution >= 0.6 is 24.0 Å². The summed E-state index contributed by atoms with van der Waals surface area (Å²) < 4.78 is 13.2. The Balaban J connectivity index is 0.00000288. The second-order valence-electron chi connectivity index (χ2n) is 5.17. The van der Waals surface area contributed by atoms with Gasteiger partial charge < -0.3 is 15.7 Å². The molecule has 4 nitrogen and oxygen atoms in total. The highest BCUT2D eigenvalue weighted by Gasteiger charge is 2.00. The van der Waals surface area contributed by atoms with Crippen molar-refractivity contribution in [2.24, 2.45) is 4.99 Å². The molecule has 0 fully saturated rings. The van der Waals surface area contributed by atoms with Gasteiger partial charge in [-0.2, -0.15) is 0 Å². The van der Waals surface area contributed by atoms with E-state index in [9.17, 15) is 9.50 Å². The van der Waals surface area contributed by atoms with Gasteiger partial charge in [-0.15, -0.1) is 24.0 Å². The van der Waals surface area contributed by atoms with Crippen LogP contribution in [0, 0.1) is 5.82 Å². The molecule has 0 spiro atoms. The van der Waals surface area contributed by atoms with Crippen LogP contribution in [0.15, 0.2) is 53.5 Å². The smallest absolute Gasteiger partial charge is 0.191 e. The van der Waals surface area contributed by atoms with Crippen LogP contribution in [0.2, 0.25) is 0 Å². The number of phenols is 1. The predicted octanol–water partition coefficient (Wildman–Crippen LogP) is 3.45. The van der Waals surface area contributed by atoms with Gasteiger partial charge in [0.25, 0.3) is 0 Å². The molecule has 0 heterocycles. The van der Waals surface area contributed by atoms with Crippen LogP contribution in [0.4, 0.5) is 4.39 Å². The molecule has 0 bridgehead atoms. The molecular formula is C18H23FIN3O. The van der Waals surface area contributed by atoms with Gasteiger partial charge >= 0.3 is 0 Å². The lowest BCUT2D eigenvalue weighted by atomic mass is 10.1. The Bertz CT molecular complexity index is 664. The summed E-state index contributed by atoms with van der Waals surface area (Å²) in [6, 6.07) is 13.6. The SMILES string of the molecule is CCNC(=NCc1cccc(F)c1)NCCc1cccc(O)c1.I. The lowest BCUT2D eigenvalue weighted by Crippen LogP contribution is -2.38. The maximum absolute atomic E-state index is 13.2. The molecule has 24 heavy (non-hydrogen) atoms. The summed E-state index contributed by atoms with van der Waals surface area (Å²) in [6.45, 7) is 3.85. The molecule has 0 aliphatic carbocycles. The lowest BCUT2D eigenvalue weighted by Gasteiger charge is -2.11. The van der Waals surface area contributed by atoms with E-state index < -0.39 is 0 Å². The minimum Gasteiger partial charge on any atom is -0.508 e. The monoisotopic (exact) mass is 443 g/mol. The average molecular weight is 443 g/mol. The molecule has 3 N–H and O–H groups in total. The van der Waals surface area contributed by atoms with Gasteiger partial charge in [-0.25, -0.2) is 9.38 Å². The zero-order chi connectivity index (χ0) is 16.5. The standard InChI is InChI=1S/C18H22FN3O.HI/c1-2-20-18(22-13-15-6-3-7-16(19)11-15)21-10-9-14-5-4-8-17(23)12-14;/h3-8,11-12,23H,2,9-10,13H2,1H3,(H2,20,21,22);1H. The fraction of sp³-hybridized carbons (Fsp3) is 0.278. The maximum atomic E-state index is 13.2. The minimum absolute atomic E-state index is 0. The number of hydrogen-bond donors (Lipinski definition) is 3. The van der Waals surface area contributed by atoms with Crippen molar-refractivity contribution in [1.29, 1.82) is 0 Å². The normalized spacial score (nSPS) is 10.8. The summed E-state index contributed by atoms with van der Waals surface area (Å²) >= 11 is 0. The quantitative estimate of drug-likeness (QED) is 0.364. The highest BCUT2D eigenvalue weighted by molar-refractivity contribution is 14.0. The van der Waals surface area contributed by atoms with Crippen molar-refractivity contribution in [2.75, 3.05) is 13.1 Å². The molecular weight excluding hydrogens is 420 g/mol. The second kappa shape index (κ2) is 10.9. The largest absolute Gasteiger partial charge is 0.508 e. The third-order valence-electron chi connectivity index (χ3n) is 3.27. The predicted molar refractivity (Wildman–Crippen MR) is 106 cm³/mol. The Kier molecular flexibility index (Phi) is 9.14. The summed E-state index contributed by atoms with van der Waals surface area (Å²) in [6.07, 6.45) is 0.777. The van der Waals surface area contributed by atoms with Gasteiger partial charge in [-0.05, 0) is 48.7 Å². The third-order valence-corrected chi connectivity index (χ3v) is 3.27. The molecule has 0 atom stereocenters. The molecule has 6 heteroatoms. The average Bonchev–Trinajstić information content (AvgIpc) is 2.53. The second-order valence-corrected chi connectivity index (χ2v) is 5.17. The van der Waals surface area contributed by atoms with Crippen LogP contribution < -0.4 is 10.6 Å². The van der Waals surface area contributed by atoms with Crippen LogP contribution in [0.3, 0.4) is 0 Å². The zero-order valence-corrected chi connectivity index (χ0v) is 16.0. The number of phenolic OH excluding ortho intramolecular Hbond substituents is 1. The number of nitrogens with zero attached hydrogens (tertiary/aromatic N) is 1. The van der Waals surface area contributed by atoms with E-state index in [1.54, 1.807) is 18.2 Å². The number of nitrogens with one attached hydrogen (secondary N) is 2. The number of hydrogen-bond acceptors (Lipinski definition) is 2. The van der Waals surface area contributed by atoms with Gasteiger partial charge in [0.1, 0.15) is 11.6 Å². The van der Waals surface area contributed by atoms with E-state index in [1.807, 2.05) is 25.1 Å². The molecule has 0 aromatic heterocycles. The van der Waals surface area contributed by atoms with Crippen molar-refractivity contribution in [1.82, 2.24) is 10.6 Å². The number of halogens is 2. The first-order valence-corrected chi connectivity index (χ1v) is 7.72. The molecule has 2 aromatic carbocycles. The zero-order valence-electron chi connectivity index (χ0n) is 13.6. The number of benzene rings is 2. The lowest BCUT2D eigenvalue weighted by molar-refractivity contribution is 0.474. The Hall–Kier alpha value is -1.83. The van der Waals surface area contributed by atoms with Crippen LogP contribution in [-0.2, 0) is 13.0 Å². The van der Waals surface area contributed by atoms with Crippen LogP contribution in [0.25, 0.3) is 0 Å². The van der Waals surface area contributed by atoms with E-state index in [4.69, 9.17) is 0 Å². The van der Waals surface area contributed by atoms with E-state index in [1.165, 1.54) is 12.1 Å².